The summed E-state index contributed by atoms with van der Waals surface area (Å²) in [5.74, 6) is -0.128. The molecule has 0 atom stereocenters. The quantitative estimate of drug-likeness (QED) is 0.915. The molecule has 19 heavy (non-hydrogen) atoms. The lowest BCUT2D eigenvalue weighted by Gasteiger charge is -2.09. The molecule has 0 radical (unpaired) electrons. The number of nitrogens with one attached hydrogen (secondary N) is 1. The Balaban J connectivity index is 2.10. The van der Waals surface area contributed by atoms with Crippen molar-refractivity contribution < 1.29 is 4.79 Å². The van der Waals surface area contributed by atoms with Crippen LogP contribution >= 0.6 is 0 Å². The van der Waals surface area contributed by atoms with Crippen LogP contribution in [-0.2, 0) is 6.54 Å². The van der Waals surface area contributed by atoms with Gasteiger partial charge in [0.15, 0.2) is 0 Å². The number of hydrogen-bond donors (Lipinski definition) is 1. The standard InChI is InChI=1S/C15H17N3O/c1-10-5-4-6-13(7-10)8-16-15(19)14-11(2)17-9-18-12(14)3/h4-7,9H,8H2,1-3H3,(H,16,19). The van der Waals surface area contributed by atoms with E-state index in [1.54, 1.807) is 0 Å². The molecule has 0 aliphatic heterocycles. The van der Waals surface area contributed by atoms with Crippen LogP contribution < -0.4 is 5.32 Å². The summed E-state index contributed by atoms with van der Waals surface area (Å²) in [6.07, 6.45) is 1.47. The van der Waals surface area contributed by atoms with Crippen LogP contribution in [0, 0.1) is 20.8 Å². The molecule has 2 aromatic rings. The van der Waals surface area contributed by atoms with Gasteiger partial charge in [-0.05, 0) is 26.3 Å². The Bertz CT molecular complexity index is 588. The first kappa shape index (κ1) is 13.2. The summed E-state index contributed by atoms with van der Waals surface area (Å²) < 4.78 is 0. The zero-order valence-corrected chi connectivity index (χ0v) is 11.4. The molecule has 1 heterocycles. The van der Waals surface area contributed by atoms with E-state index in [2.05, 4.69) is 21.4 Å². The SMILES string of the molecule is Cc1cccc(CNC(=O)c2c(C)ncnc2C)c1. The van der Waals surface area contributed by atoms with Crippen molar-refractivity contribution >= 4 is 5.91 Å². The highest BCUT2D eigenvalue weighted by molar-refractivity contribution is 5.96. The van der Waals surface area contributed by atoms with Crippen molar-refractivity contribution in [3.05, 3.63) is 58.7 Å². The number of hydrogen-bond acceptors (Lipinski definition) is 3. The van der Waals surface area contributed by atoms with E-state index in [1.165, 1.54) is 11.9 Å². The fraction of sp³-hybridized carbons (Fsp3) is 0.267. The van der Waals surface area contributed by atoms with Crippen LogP contribution in [0.2, 0.25) is 0 Å². The van der Waals surface area contributed by atoms with Crippen molar-refractivity contribution in [2.75, 3.05) is 0 Å². The highest BCUT2D eigenvalue weighted by Gasteiger charge is 2.13. The Kier molecular flexibility index (Phi) is 3.90. The van der Waals surface area contributed by atoms with Gasteiger partial charge in [-0.2, -0.15) is 0 Å². The third-order valence-electron chi connectivity index (χ3n) is 2.99. The molecule has 0 aliphatic carbocycles. The smallest absolute Gasteiger partial charge is 0.255 e. The number of nitrogens with zero attached hydrogens (tertiary/aromatic N) is 2. The molecule has 98 valence electrons. The Morgan fingerprint density at radius 3 is 2.47 bits per heavy atom. The molecule has 0 spiro atoms. The van der Waals surface area contributed by atoms with Crippen LogP contribution in [0.1, 0.15) is 32.9 Å². The summed E-state index contributed by atoms with van der Waals surface area (Å²) in [5.41, 5.74) is 4.24. The molecular weight excluding hydrogens is 238 g/mol. The van der Waals surface area contributed by atoms with Gasteiger partial charge in [0.25, 0.3) is 5.91 Å². The van der Waals surface area contributed by atoms with Gasteiger partial charge in [0.2, 0.25) is 0 Å². The van der Waals surface area contributed by atoms with Gasteiger partial charge >= 0.3 is 0 Å². The molecule has 0 saturated heterocycles. The van der Waals surface area contributed by atoms with Crippen molar-refractivity contribution in [2.24, 2.45) is 0 Å². The third kappa shape index (κ3) is 3.16. The molecule has 1 aromatic heterocycles. The predicted molar refractivity (Wildman–Crippen MR) is 73.9 cm³/mol. The van der Waals surface area contributed by atoms with Crippen LogP contribution in [-0.4, -0.2) is 15.9 Å². The molecule has 0 bridgehead atoms. The van der Waals surface area contributed by atoms with Crippen molar-refractivity contribution in [1.82, 2.24) is 15.3 Å². The maximum Gasteiger partial charge on any atom is 0.255 e. The van der Waals surface area contributed by atoms with E-state index in [0.717, 1.165) is 5.56 Å². The van der Waals surface area contributed by atoms with Crippen molar-refractivity contribution in [3.8, 4) is 0 Å². The number of rotatable bonds is 3. The minimum atomic E-state index is -0.128. The second-order valence-corrected chi connectivity index (χ2v) is 4.59. The van der Waals surface area contributed by atoms with E-state index in [0.29, 0.717) is 23.5 Å². The Morgan fingerprint density at radius 1 is 1.16 bits per heavy atom. The normalized spacial score (nSPS) is 10.3. The van der Waals surface area contributed by atoms with E-state index >= 15 is 0 Å². The third-order valence-corrected chi connectivity index (χ3v) is 2.99. The Labute approximate surface area is 112 Å². The average molecular weight is 255 g/mol. The Hall–Kier alpha value is -2.23. The van der Waals surface area contributed by atoms with Gasteiger partial charge in [-0.3, -0.25) is 4.79 Å². The van der Waals surface area contributed by atoms with Crippen LogP contribution in [0.5, 0.6) is 0 Å². The zero-order chi connectivity index (χ0) is 13.8. The minimum Gasteiger partial charge on any atom is -0.348 e. The summed E-state index contributed by atoms with van der Waals surface area (Å²) in [4.78, 5) is 20.3. The molecule has 4 nitrogen and oxygen atoms in total. The lowest BCUT2D eigenvalue weighted by atomic mass is 10.1. The number of aryl methyl sites for hydroxylation is 3. The Morgan fingerprint density at radius 2 is 1.84 bits per heavy atom. The summed E-state index contributed by atoms with van der Waals surface area (Å²) in [7, 11) is 0. The molecule has 0 fully saturated rings. The second-order valence-electron chi connectivity index (χ2n) is 4.59. The van der Waals surface area contributed by atoms with Gasteiger partial charge in [-0.25, -0.2) is 9.97 Å². The first-order valence-corrected chi connectivity index (χ1v) is 6.20. The molecule has 0 unspecified atom stereocenters. The average Bonchev–Trinajstić information content (AvgIpc) is 2.36. The highest BCUT2D eigenvalue weighted by atomic mass is 16.1. The maximum absolute atomic E-state index is 12.2. The largest absolute Gasteiger partial charge is 0.348 e. The zero-order valence-electron chi connectivity index (χ0n) is 11.4. The molecule has 0 saturated carbocycles. The topological polar surface area (TPSA) is 54.9 Å². The van der Waals surface area contributed by atoms with Crippen LogP contribution in [0.25, 0.3) is 0 Å². The lowest BCUT2D eigenvalue weighted by molar-refractivity contribution is 0.0948. The molecule has 4 heteroatoms. The van der Waals surface area contributed by atoms with Crippen molar-refractivity contribution in [1.29, 1.82) is 0 Å². The lowest BCUT2D eigenvalue weighted by Crippen LogP contribution is -2.25. The van der Waals surface area contributed by atoms with E-state index < -0.39 is 0 Å². The first-order chi connectivity index (χ1) is 9.08. The molecular formula is C15H17N3O. The number of amides is 1. The number of benzene rings is 1. The van der Waals surface area contributed by atoms with Gasteiger partial charge in [-0.15, -0.1) is 0 Å². The second kappa shape index (κ2) is 5.61. The van der Waals surface area contributed by atoms with E-state index in [1.807, 2.05) is 39.0 Å². The monoisotopic (exact) mass is 255 g/mol. The van der Waals surface area contributed by atoms with Crippen molar-refractivity contribution in [2.45, 2.75) is 27.3 Å². The predicted octanol–water partition coefficient (Wildman–Crippen LogP) is 2.33. The van der Waals surface area contributed by atoms with Gasteiger partial charge in [0, 0.05) is 6.54 Å². The number of aromatic nitrogens is 2. The molecule has 2 rings (SSSR count). The van der Waals surface area contributed by atoms with E-state index in [-0.39, 0.29) is 5.91 Å². The van der Waals surface area contributed by atoms with Gasteiger partial charge in [0.1, 0.15) is 6.33 Å². The minimum absolute atomic E-state index is 0.128. The fourth-order valence-electron chi connectivity index (χ4n) is 2.01. The first-order valence-electron chi connectivity index (χ1n) is 6.20. The summed E-state index contributed by atoms with van der Waals surface area (Å²) in [5, 5.41) is 2.91. The molecule has 1 amide bonds. The van der Waals surface area contributed by atoms with Crippen LogP contribution in [0.15, 0.2) is 30.6 Å². The van der Waals surface area contributed by atoms with Crippen molar-refractivity contribution in [3.63, 3.8) is 0 Å². The van der Waals surface area contributed by atoms with Gasteiger partial charge in [0.05, 0.1) is 17.0 Å². The molecule has 1 N–H and O–H groups in total. The van der Waals surface area contributed by atoms with Crippen LogP contribution in [0.4, 0.5) is 0 Å². The summed E-state index contributed by atoms with van der Waals surface area (Å²) in [6.45, 7) is 6.17. The number of carbonyl (C=O) groups is 1. The molecule has 0 aliphatic rings. The van der Waals surface area contributed by atoms with Gasteiger partial charge in [-0.1, -0.05) is 29.8 Å². The van der Waals surface area contributed by atoms with Crippen LogP contribution in [0.3, 0.4) is 0 Å². The maximum atomic E-state index is 12.2. The fourth-order valence-corrected chi connectivity index (χ4v) is 2.01. The van der Waals surface area contributed by atoms with Gasteiger partial charge < -0.3 is 5.32 Å². The van der Waals surface area contributed by atoms with E-state index in [9.17, 15) is 4.79 Å². The molecule has 1 aromatic carbocycles. The number of carbonyl (C=O) groups excluding carboxylic acids is 1. The summed E-state index contributed by atoms with van der Waals surface area (Å²) >= 11 is 0. The highest BCUT2D eigenvalue weighted by Crippen LogP contribution is 2.09. The summed E-state index contributed by atoms with van der Waals surface area (Å²) in [6, 6.07) is 8.07. The van der Waals surface area contributed by atoms with E-state index in [4.69, 9.17) is 0 Å².